The van der Waals surface area contributed by atoms with E-state index in [1.165, 1.54) is 0 Å². The van der Waals surface area contributed by atoms with Crippen molar-refractivity contribution in [2.24, 2.45) is 0 Å². The van der Waals surface area contributed by atoms with Gasteiger partial charge in [-0.05, 0) is 48.0 Å². The first-order chi connectivity index (χ1) is 12.7. The van der Waals surface area contributed by atoms with Gasteiger partial charge in [0.15, 0.2) is 0 Å². The van der Waals surface area contributed by atoms with Gasteiger partial charge in [-0.3, -0.25) is 14.4 Å². The van der Waals surface area contributed by atoms with E-state index in [2.05, 4.69) is 63.7 Å². The Kier molecular flexibility index (Phi) is 16.5. The van der Waals surface area contributed by atoms with Crippen LogP contribution < -0.4 is 0 Å². The molecule has 7 nitrogen and oxygen atoms in total. The second kappa shape index (κ2) is 16.3. The average molecular weight is 648 g/mol. The zero-order chi connectivity index (χ0) is 20.8. The number of ether oxygens (including phenoxy) is 2. The van der Waals surface area contributed by atoms with Crippen molar-refractivity contribution in [2.75, 3.05) is 16.0 Å². The number of carbonyl (C=O) groups excluding carboxylic acids is 3. The summed E-state index contributed by atoms with van der Waals surface area (Å²) < 4.78 is 10.2. The summed E-state index contributed by atoms with van der Waals surface area (Å²) in [6, 6.07) is 0. The van der Waals surface area contributed by atoms with Crippen molar-refractivity contribution < 1.29 is 34.1 Å². The van der Waals surface area contributed by atoms with Crippen LogP contribution in [0.3, 0.4) is 0 Å². The van der Waals surface area contributed by atoms with Crippen molar-refractivity contribution in [1.29, 1.82) is 0 Å². The Morgan fingerprint density at radius 1 is 0.741 bits per heavy atom. The first-order valence-electron chi connectivity index (χ1n) is 8.33. The molecule has 27 heavy (non-hydrogen) atoms. The van der Waals surface area contributed by atoms with E-state index in [0.29, 0.717) is 18.2 Å². The number of rotatable bonds is 5. The zero-order valence-corrected chi connectivity index (χ0v) is 21.0. The lowest BCUT2D eigenvalue weighted by Gasteiger charge is -2.12. The maximum absolute atomic E-state index is 11.0. The Hall–Kier alpha value is 0.450. The summed E-state index contributed by atoms with van der Waals surface area (Å²) >= 11 is 11.6. The van der Waals surface area contributed by atoms with E-state index in [9.17, 15) is 14.4 Å². The molecule has 11 heteroatoms. The molecule has 0 spiro atoms. The van der Waals surface area contributed by atoms with Crippen LogP contribution in [-0.4, -0.2) is 67.3 Å². The van der Waals surface area contributed by atoms with E-state index < -0.39 is 0 Å². The highest BCUT2D eigenvalue weighted by molar-refractivity contribution is 9.19. The van der Waals surface area contributed by atoms with Gasteiger partial charge >= 0.3 is 11.9 Å². The molecule has 4 atom stereocenters. The minimum absolute atomic E-state index is 0.0162. The smallest absolute Gasteiger partial charge is 0.316 e. The molecule has 0 bridgehead atoms. The molecule has 0 aliphatic heterocycles. The fourth-order valence-corrected chi connectivity index (χ4v) is 2.75. The highest BCUT2D eigenvalue weighted by Gasteiger charge is 2.29. The van der Waals surface area contributed by atoms with Crippen LogP contribution in [-0.2, 0) is 23.9 Å². The molecule has 158 valence electrons. The van der Waals surface area contributed by atoms with Gasteiger partial charge in [0.1, 0.15) is 22.9 Å². The molecule has 0 aromatic carbocycles. The second-order valence-corrected chi connectivity index (χ2v) is 8.48. The Balaban J connectivity index is 0.000000463. The van der Waals surface area contributed by atoms with Gasteiger partial charge in [0.05, 0.1) is 17.5 Å². The molecule has 0 heterocycles. The quantitative estimate of drug-likeness (QED) is 0.268. The SMILES string of the molecule is O=C(Br)CBr.O=C(CBr)O[C@@H]1CC[C@H](OC(=O)CBr)C1.O[C@@H]1CC[C@H](O)C1. The van der Waals surface area contributed by atoms with E-state index in [1.54, 1.807) is 0 Å². The molecule has 0 aromatic heterocycles. The average Bonchev–Trinajstić information content (AvgIpc) is 3.23. The van der Waals surface area contributed by atoms with E-state index in [1.807, 2.05) is 0 Å². The van der Waals surface area contributed by atoms with Crippen molar-refractivity contribution in [3.8, 4) is 0 Å². The van der Waals surface area contributed by atoms with Gasteiger partial charge in [0.25, 0.3) is 0 Å². The van der Waals surface area contributed by atoms with Crippen LogP contribution in [0.4, 0.5) is 0 Å². The van der Waals surface area contributed by atoms with Crippen LogP contribution in [0, 0.1) is 0 Å². The van der Waals surface area contributed by atoms with Crippen molar-refractivity contribution in [2.45, 2.75) is 62.9 Å². The Labute approximate surface area is 192 Å². The van der Waals surface area contributed by atoms with Crippen LogP contribution in [0.2, 0.25) is 0 Å². The number of esters is 2. The van der Waals surface area contributed by atoms with Gasteiger partial charge in [0.2, 0.25) is 4.69 Å². The normalized spacial score (nSPS) is 26.1. The number of alkyl halides is 3. The van der Waals surface area contributed by atoms with E-state index in [4.69, 9.17) is 19.7 Å². The highest BCUT2D eigenvalue weighted by atomic mass is 79.9. The van der Waals surface area contributed by atoms with Crippen LogP contribution in [0.25, 0.3) is 0 Å². The van der Waals surface area contributed by atoms with E-state index in [-0.39, 0.29) is 51.7 Å². The number of hydrogen-bond acceptors (Lipinski definition) is 7. The zero-order valence-electron chi connectivity index (χ0n) is 14.6. The van der Waals surface area contributed by atoms with Crippen LogP contribution in [0.15, 0.2) is 0 Å². The Bertz CT molecular complexity index is 432. The van der Waals surface area contributed by atoms with Gasteiger partial charge in [-0.2, -0.15) is 0 Å². The highest BCUT2D eigenvalue weighted by Crippen LogP contribution is 2.25. The Morgan fingerprint density at radius 3 is 1.33 bits per heavy atom. The summed E-state index contributed by atoms with van der Waals surface area (Å²) in [5.41, 5.74) is 0. The standard InChI is InChI=1S/C9H12Br2O4.C5H10O2.C2H2Br2O/c10-4-8(12)14-6-1-2-7(3-6)15-9(13)5-11;6-4-1-2-5(7)3-4;3-1-2(4)5/h6-7H,1-5H2;4-7H,1-3H2;1H2/t6-,7+;4-,5+;. The minimum Gasteiger partial charge on any atom is -0.462 e. The molecule has 0 amide bonds. The third-order valence-electron chi connectivity index (χ3n) is 3.63. The van der Waals surface area contributed by atoms with Crippen molar-refractivity contribution in [3.63, 3.8) is 0 Å². The van der Waals surface area contributed by atoms with E-state index in [0.717, 1.165) is 25.7 Å². The lowest BCUT2D eigenvalue weighted by atomic mass is 10.3. The predicted molar refractivity (Wildman–Crippen MR) is 115 cm³/mol. The first-order valence-corrected chi connectivity index (χ1v) is 12.5. The van der Waals surface area contributed by atoms with Crippen molar-refractivity contribution >= 4 is 80.4 Å². The topological polar surface area (TPSA) is 110 Å². The third-order valence-corrected chi connectivity index (χ3v) is 6.09. The molecule has 2 aliphatic carbocycles. The number of aliphatic hydroxyl groups excluding tert-OH is 2. The van der Waals surface area contributed by atoms with Crippen LogP contribution >= 0.6 is 63.7 Å². The summed E-state index contributed by atoms with van der Waals surface area (Å²) in [7, 11) is 0. The predicted octanol–water partition coefficient (Wildman–Crippen LogP) is 2.98. The molecule has 2 rings (SSSR count). The summed E-state index contributed by atoms with van der Waals surface area (Å²) in [4.78, 5) is 31.6. The molecule has 0 unspecified atom stereocenters. The van der Waals surface area contributed by atoms with Gasteiger partial charge in [-0.1, -0.05) is 47.8 Å². The summed E-state index contributed by atoms with van der Waals surface area (Å²) in [6.07, 6.45) is 3.61. The monoisotopic (exact) mass is 644 g/mol. The molecule has 2 saturated carbocycles. The third kappa shape index (κ3) is 15.0. The lowest BCUT2D eigenvalue weighted by molar-refractivity contribution is -0.147. The summed E-state index contributed by atoms with van der Waals surface area (Å²) in [6.45, 7) is 0. The largest absolute Gasteiger partial charge is 0.462 e. The molecule has 0 aromatic rings. The molecule has 2 fully saturated rings. The summed E-state index contributed by atoms with van der Waals surface area (Å²) in [5.74, 6) is -0.542. The molecule has 0 saturated heterocycles. The van der Waals surface area contributed by atoms with E-state index >= 15 is 0 Å². The first kappa shape index (κ1) is 27.5. The molecular weight excluding hydrogens is 624 g/mol. The number of halogens is 4. The molecule has 0 radical (unpaired) electrons. The van der Waals surface area contributed by atoms with Crippen molar-refractivity contribution in [1.82, 2.24) is 0 Å². The maximum atomic E-state index is 11.0. The molecule has 2 N–H and O–H groups in total. The maximum Gasteiger partial charge on any atom is 0.316 e. The Morgan fingerprint density at radius 2 is 1.11 bits per heavy atom. The van der Waals surface area contributed by atoms with Gasteiger partial charge < -0.3 is 19.7 Å². The minimum atomic E-state index is -0.271. The van der Waals surface area contributed by atoms with Gasteiger partial charge in [-0.15, -0.1) is 0 Å². The number of hydrogen-bond donors (Lipinski definition) is 2. The van der Waals surface area contributed by atoms with Gasteiger partial charge in [0, 0.05) is 6.42 Å². The fourth-order valence-electron chi connectivity index (χ4n) is 2.48. The van der Waals surface area contributed by atoms with Crippen LogP contribution in [0.5, 0.6) is 0 Å². The van der Waals surface area contributed by atoms with Crippen LogP contribution in [0.1, 0.15) is 38.5 Å². The lowest BCUT2D eigenvalue weighted by Crippen LogP contribution is -2.19. The van der Waals surface area contributed by atoms with Crippen molar-refractivity contribution in [3.05, 3.63) is 0 Å². The molecule has 2 aliphatic rings. The number of carbonyl (C=O) groups is 3. The fraction of sp³-hybridized carbons (Fsp3) is 0.812. The van der Waals surface area contributed by atoms with Gasteiger partial charge in [-0.25, -0.2) is 0 Å². The number of aliphatic hydroxyl groups is 2. The molecular formula is C16H24Br4O7. The summed E-state index contributed by atoms with van der Waals surface area (Å²) in [5, 5.41) is 18.3. The second-order valence-electron chi connectivity index (χ2n) is 5.91.